The topological polar surface area (TPSA) is 46.6 Å². The summed E-state index contributed by atoms with van der Waals surface area (Å²) >= 11 is 0. The van der Waals surface area contributed by atoms with Crippen LogP contribution in [0.3, 0.4) is 0 Å². The summed E-state index contributed by atoms with van der Waals surface area (Å²) in [6, 6.07) is 13.7. The molecule has 2 unspecified atom stereocenters. The van der Waals surface area contributed by atoms with E-state index in [1.807, 2.05) is 49.4 Å². The zero-order valence-electron chi connectivity index (χ0n) is 12.9. The maximum atomic E-state index is 13.0. The maximum Gasteiger partial charge on any atom is 0.240 e. The molecule has 3 fully saturated rings. The summed E-state index contributed by atoms with van der Waals surface area (Å²) in [4.78, 5) is 27.2. The van der Waals surface area contributed by atoms with E-state index in [1.165, 1.54) is 4.90 Å². The second kappa shape index (κ2) is 4.20. The third-order valence-corrected chi connectivity index (χ3v) is 5.75. The standard InChI is InChI=1S/C19H17NO3/c1-19-9-8-14(23-19)15-16(19)18(22)20(17(15)21)13-7-6-11-4-2-3-5-12(11)10-13/h2-7,10,14-16H,8-9H2,1H3/t14?,15-,16+,19?/m0/s1. The van der Waals surface area contributed by atoms with Gasteiger partial charge in [0.15, 0.2) is 0 Å². The summed E-state index contributed by atoms with van der Waals surface area (Å²) < 4.78 is 5.95. The number of ether oxygens (including phenoxy) is 1. The lowest BCUT2D eigenvalue weighted by molar-refractivity contribution is -0.126. The fraction of sp³-hybridized carbons (Fsp3) is 0.368. The molecule has 0 radical (unpaired) electrons. The van der Waals surface area contributed by atoms with Crippen molar-refractivity contribution in [2.45, 2.75) is 31.5 Å². The van der Waals surface area contributed by atoms with Crippen LogP contribution in [0.5, 0.6) is 0 Å². The summed E-state index contributed by atoms with van der Waals surface area (Å²) in [6.07, 6.45) is 1.65. The highest BCUT2D eigenvalue weighted by Gasteiger charge is 2.67. The van der Waals surface area contributed by atoms with Crippen LogP contribution in [0.4, 0.5) is 5.69 Å². The molecule has 0 saturated carbocycles. The van der Waals surface area contributed by atoms with E-state index >= 15 is 0 Å². The molecule has 3 saturated heterocycles. The summed E-state index contributed by atoms with van der Waals surface area (Å²) in [5.74, 6) is -0.809. The molecule has 4 nitrogen and oxygen atoms in total. The molecular weight excluding hydrogens is 290 g/mol. The Bertz CT molecular complexity index is 861. The molecule has 5 rings (SSSR count). The molecule has 3 aliphatic rings. The Balaban J connectivity index is 1.60. The van der Waals surface area contributed by atoms with Gasteiger partial charge >= 0.3 is 0 Å². The lowest BCUT2D eigenvalue weighted by atomic mass is 9.74. The number of hydrogen-bond acceptors (Lipinski definition) is 3. The molecule has 2 aromatic carbocycles. The molecule has 0 spiro atoms. The van der Waals surface area contributed by atoms with E-state index in [4.69, 9.17) is 4.74 Å². The molecule has 2 amide bonds. The number of hydrogen-bond donors (Lipinski definition) is 0. The predicted molar refractivity (Wildman–Crippen MR) is 85.9 cm³/mol. The Morgan fingerprint density at radius 2 is 1.87 bits per heavy atom. The van der Waals surface area contributed by atoms with Gasteiger partial charge in [-0.15, -0.1) is 0 Å². The van der Waals surface area contributed by atoms with Crippen molar-refractivity contribution in [2.24, 2.45) is 11.8 Å². The Hall–Kier alpha value is -2.20. The Morgan fingerprint density at radius 1 is 1.09 bits per heavy atom. The number of fused-ring (bicyclic) bond motifs is 6. The predicted octanol–water partition coefficient (Wildman–Crippen LogP) is 2.90. The minimum atomic E-state index is -0.465. The number of carbonyl (C=O) groups excluding carboxylic acids is 2. The van der Waals surface area contributed by atoms with E-state index in [-0.39, 0.29) is 29.8 Å². The van der Waals surface area contributed by atoms with E-state index in [0.29, 0.717) is 5.69 Å². The largest absolute Gasteiger partial charge is 0.370 e. The molecule has 23 heavy (non-hydrogen) atoms. The highest BCUT2D eigenvalue weighted by Crippen LogP contribution is 2.55. The molecule has 0 aliphatic carbocycles. The van der Waals surface area contributed by atoms with Gasteiger partial charge in [0.25, 0.3) is 0 Å². The van der Waals surface area contributed by atoms with Gasteiger partial charge in [-0.25, -0.2) is 4.90 Å². The van der Waals surface area contributed by atoms with Crippen molar-refractivity contribution in [3.8, 4) is 0 Å². The average molecular weight is 307 g/mol. The molecular formula is C19H17NO3. The van der Waals surface area contributed by atoms with E-state index < -0.39 is 5.60 Å². The van der Waals surface area contributed by atoms with E-state index in [9.17, 15) is 9.59 Å². The highest BCUT2D eigenvalue weighted by molar-refractivity contribution is 6.23. The van der Waals surface area contributed by atoms with Crippen LogP contribution in [-0.4, -0.2) is 23.5 Å². The first-order valence-corrected chi connectivity index (χ1v) is 8.13. The van der Waals surface area contributed by atoms with Crippen molar-refractivity contribution < 1.29 is 14.3 Å². The molecule has 4 atom stereocenters. The first-order chi connectivity index (χ1) is 11.1. The van der Waals surface area contributed by atoms with E-state index in [0.717, 1.165) is 23.6 Å². The fourth-order valence-electron chi connectivity index (χ4n) is 4.65. The second-order valence-corrected chi connectivity index (χ2v) is 7.05. The highest BCUT2D eigenvalue weighted by atomic mass is 16.5. The average Bonchev–Trinajstić information content (AvgIpc) is 3.16. The Morgan fingerprint density at radius 3 is 2.65 bits per heavy atom. The monoisotopic (exact) mass is 307 g/mol. The van der Waals surface area contributed by atoms with E-state index in [2.05, 4.69) is 0 Å². The molecule has 2 bridgehead atoms. The van der Waals surface area contributed by atoms with Gasteiger partial charge in [-0.1, -0.05) is 30.3 Å². The van der Waals surface area contributed by atoms with Crippen molar-refractivity contribution in [2.75, 3.05) is 4.90 Å². The van der Waals surface area contributed by atoms with Gasteiger partial charge in [-0.3, -0.25) is 9.59 Å². The molecule has 0 N–H and O–H groups in total. The molecule has 3 aliphatic heterocycles. The van der Waals surface area contributed by atoms with Gasteiger partial charge in [-0.05, 0) is 42.7 Å². The number of imide groups is 1. The molecule has 2 aromatic rings. The number of rotatable bonds is 1. The zero-order chi connectivity index (χ0) is 15.8. The lowest BCUT2D eigenvalue weighted by Gasteiger charge is -2.26. The van der Waals surface area contributed by atoms with Crippen molar-refractivity contribution in [1.29, 1.82) is 0 Å². The summed E-state index contributed by atoms with van der Waals surface area (Å²) in [5.41, 5.74) is 0.212. The van der Waals surface area contributed by atoms with Gasteiger partial charge in [0.2, 0.25) is 11.8 Å². The van der Waals surface area contributed by atoms with Crippen LogP contribution >= 0.6 is 0 Å². The number of amides is 2. The van der Waals surface area contributed by atoms with Crippen LogP contribution in [0.1, 0.15) is 19.8 Å². The summed E-state index contributed by atoms with van der Waals surface area (Å²) in [7, 11) is 0. The van der Waals surface area contributed by atoms with Crippen LogP contribution in [0.2, 0.25) is 0 Å². The van der Waals surface area contributed by atoms with Crippen molar-refractivity contribution in [3.05, 3.63) is 42.5 Å². The minimum Gasteiger partial charge on any atom is -0.370 e. The molecule has 116 valence electrons. The first kappa shape index (κ1) is 13.3. The normalized spacial score (nSPS) is 35.3. The van der Waals surface area contributed by atoms with Crippen molar-refractivity contribution >= 4 is 28.3 Å². The number of carbonyl (C=O) groups is 2. The smallest absolute Gasteiger partial charge is 0.240 e. The number of nitrogens with zero attached hydrogens (tertiary/aromatic N) is 1. The van der Waals surface area contributed by atoms with Gasteiger partial charge < -0.3 is 4.74 Å². The maximum absolute atomic E-state index is 13.0. The quantitative estimate of drug-likeness (QED) is 0.761. The second-order valence-electron chi connectivity index (χ2n) is 7.05. The van der Waals surface area contributed by atoms with Gasteiger partial charge in [0.05, 0.1) is 29.2 Å². The molecule has 4 heteroatoms. The van der Waals surface area contributed by atoms with Crippen LogP contribution in [-0.2, 0) is 14.3 Å². The Labute approximate surface area is 134 Å². The SMILES string of the molecule is CC12CCC(O1)[C@@H]1C(=O)N(c3ccc4ccccc4c3)C(=O)[C@@H]12. The van der Waals surface area contributed by atoms with Gasteiger partial charge in [0, 0.05) is 0 Å². The van der Waals surface area contributed by atoms with Crippen LogP contribution in [0.15, 0.2) is 42.5 Å². The summed E-state index contributed by atoms with van der Waals surface area (Å²) in [6.45, 7) is 1.98. The first-order valence-electron chi connectivity index (χ1n) is 8.13. The fourth-order valence-corrected chi connectivity index (χ4v) is 4.65. The van der Waals surface area contributed by atoms with E-state index in [1.54, 1.807) is 0 Å². The number of benzene rings is 2. The number of anilines is 1. The molecule has 3 heterocycles. The van der Waals surface area contributed by atoms with Gasteiger partial charge in [-0.2, -0.15) is 0 Å². The van der Waals surface area contributed by atoms with Gasteiger partial charge in [0.1, 0.15) is 0 Å². The van der Waals surface area contributed by atoms with Crippen molar-refractivity contribution in [1.82, 2.24) is 0 Å². The summed E-state index contributed by atoms with van der Waals surface area (Å²) in [5, 5.41) is 2.14. The molecule has 0 aromatic heterocycles. The Kier molecular flexibility index (Phi) is 2.42. The minimum absolute atomic E-state index is 0.0908. The van der Waals surface area contributed by atoms with Crippen molar-refractivity contribution in [3.63, 3.8) is 0 Å². The van der Waals surface area contributed by atoms with Crippen LogP contribution < -0.4 is 4.90 Å². The zero-order valence-corrected chi connectivity index (χ0v) is 12.9. The third kappa shape index (κ3) is 1.59. The van der Waals surface area contributed by atoms with Crippen LogP contribution in [0, 0.1) is 11.8 Å². The lowest BCUT2D eigenvalue weighted by Crippen LogP contribution is -2.39. The van der Waals surface area contributed by atoms with Crippen LogP contribution in [0.25, 0.3) is 10.8 Å². The third-order valence-electron chi connectivity index (χ3n) is 5.75.